The van der Waals surface area contributed by atoms with Crippen LogP contribution in [0.1, 0.15) is 0 Å². The molecule has 96 valence electrons. The van der Waals surface area contributed by atoms with Crippen LogP contribution >= 0.6 is 24.0 Å². The lowest BCUT2D eigenvalue weighted by molar-refractivity contribution is 0.483. The second-order valence-electron chi connectivity index (χ2n) is 3.48. The molecule has 2 aromatic rings. The van der Waals surface area contributed by atoms with Gasteiger partial charge in [-0.05, 0) is 17.7 Å². The van der Waals surface area contributed by atoms with Gasteiger partial charge in [-0.3, -0.25) is 4.55 Å². The maximum absolute atomic E-state index is 11.3. The summed E-state index contributed by atoms with van der Waals surface area (Å²) in [6.45, 7) is 0. The Bertz CT molecular complexity index is 640. The Kier molecular flexibility index (Phi) is 4.76. The van der Waals surface area contributed by atoms with Crippen molar-refractivity contribution < 1.29 is 13.0 Å². The monoisotopic (exact) mass is 304 g/mol. The van der Waals surface area contributed by atoms with Gasteiger partial charge in [-0.25, -0.2) is 0 Å². The zero-order chi connectivity index (χ0) is 12.5. The number of rotatable bonds is 2. The molecule has 0 amide bonds. The fraction of sp³-hybridized carbons (Fsp3) is 0. The molecule has 0 saturated heterocycles. The third-order valence-corrected chi connectivity index (χ3v) is 3.44. The van der Waals surface area contributed by atoms with E-state index in [1.54, 1.807) is 36.4 Å². The van der Waals surface area contributed by atoms with E-state index in [0.717, 1.165) is 0 Å². The van der Waals surface area contributed by atoms with Gasteiger partial charge in [-0.2, -0.15) is 8.42 Å². The van der Waals surface area contributed by atoms with Crippen molar-refractivity contribution >= 4 is 34.1 Å². The average Bonchev–Trinajstić information content (AvgIpc) is 2.29. The maximum atomic E-state index is 11.3. The molecular weight excluding hydrogens is 295 g/mol. The average molecular weight is 305 g/mol. The van der Waals surface area contributed by atoms with Gasteiger partial charge in [0, 0.05) is 10.6 Å². The fourth-order valence-corrected chi connectivity index (χ4v) is 2.54. The fourth-order valence-electron chi connectivity index (χ4n) is 1.57. The Hall–Kier alpha value is -1.07. The van der Waals surface area contributed by atoms with Crippen LogP contribution in [-0.2, 0) is 10.1 Å². The van der Waals surface area contributed by atoms with Crippen LogP contribution in [-0.4, -0.2) is 13.0 Å². The van der Waals surface area contributed by atoms with E-state index in [4.69, 9.17) is 16.2 Å². The van der Waals surface area contributed by atoms with Crippen molar-refractivity contribution in [2.75, 3.05) is 0 Å². The number of hydrogen-bond donors (Lipinski definition) is 1. The van der Waals surface area contributed by atoms with Crippen LogP contribution in [0.4, 0.5) is 0 Å². The second kappa shape index (κ2) is 5.71. The summed E-state index contributed by atoms with van der Waals surface area (Å²) in [6.07, 6.45) is 0. The van der Waals surface area contributed by atoms with Crippen molar-refractivity contribution in [3.8, 4) is 11.1 Å². The highest BCUT2D eigenvalue weighted by molar-refractivity contribution is 7.86. The summed E-state index contributed by atoms with van der Waals surface area (Å²) in [5, 5.41) is 0.261. The van der Waals surface area contributed by atoms with Crippen molar-refractivity contribution in [2.24, 2.45) is 0 Å². The van der Waals surface area contributed by atoms with Gasteiger partial charge in [-0.15, -0.1) is 12.4 Å². The van der Waals surface area contributed by atoms with Gasteiger partial charge < -0.3 is 0 Å². The molecule has 3 nitrogen and oxygen atoms in total. The molecule has 6 heteroatoms. The molecule has 0 aromatic heterocycles. The quantitative estimate of drug-likeness (QED) is 0.861. The largest absolute Gasteiger partial charge is 0.295 e. The highest BCUT2D eigenvalue weighted by atomic mass is 35.5. The van der Waals surface area contributed by atoms with E-state index < -0.39 is 10.1 Å². The lowest BCUT2D eigenvalue weighted by Gasteiger charge is -2.07. The van der Waals surface area contributed by atoms with Gasteiger partial charge in [0.05, 0.1) is 0 Å². The summed E-state index contributed by atoms with van der Waals surface area (Å²) in [5.74, 6) is 0. The molecule has 0 spiro atoms. The third-order valence-electron chi connectivity index (χ3n) is 2.31. The number of halogens is 2. The first-order valence-electron chi connectivity index (χ1n) is 4.81. The summed E-state index contributed by atoms with van der Waals surface area (Å²) < 4.78 is 31.7. The van der Waals surface area contributed by atoms with Crippen LogP contribution in [0.5, 0.6) is 0 Å². The number of hydrogen-bond acceptors (Lipinski definition) is 2. The molecule has 0 radical (unpaired) electrons. The van der Waals surface area contributed by atoms with E-state index in [1.165, 1.54) is 6.07 Å². The van der Waals surface area contributed by atoms with E-state index in [-0.39, 0.29) is 22.3 Å². The summed E-state index contributed by atoms with van der Waals surface area (Å²) in [5.41, 5.74) is 1.13. The predicted octanol–water partition coefficient (Wildman–Crippen LogP) is 3.68. The Morgan fingerprint density at radius 3 is 2.17 bits per heavy atom. The first kappa shape index (κ1) is 15.0. The summed E-state index contributed by atoms with van der Waals surface area (Å²) in [6, 6.07) is 13.3. The third kappa shape index (κ3) is 3.23. The van der Waals surface area contributed by atoms with Crippen LogP contribution < -0.4 is 0 Å². The molecular formula is C12H10Cl2O3S. The molecule has 2 rings (SSSR count). The molecule has 2 aromatic carbocycles. The highest BCUT2D eigenvalue weighted by Gasteiger charge is 2.16. The van der Waals surface area contributed by atoms with Crippen molar-refractivity contribution in [1.29, 1.82) is 0 Å². The Labute approximate surface area is 117 Å². The molecule has 0 heterocycles. The first-order chi connectivity index (χ1) is 7.98. The van der Waals surface area contributed by atoms with Gasteiger partial charge in [0.25, 0.3) is 10.1 Å². The van der Waals surface area contributed by atoms with Crippen molar-refractivity contribution in [3.05, 3.63) is 53.6 Å². The van der Waals surface area contributed by atoms with Gasteiger partial charge in [0.1, 0.15) is 4.90 Å². The summed E-state index contributed by atoms with van der Waals surface area (Å²) in [4.78, 5) is -0.184. The molecule has 0 atom stereocenters. The molecule has 0 aliphatic rings. The Morgan fingerprint density at radius 2 is 1.61 bits per heavy atom. The minimum atomic E-state index is -4.29. The van der Waals surface area contributed by atoms with Gasteiger partial charge in [0.2, 0.25) is 0 Å². The van der Waals surface area contributed by atoms with E-state index in [2.05, 4.69) is 0 Å². The van der Waals surface area contributed by atoms with Crippen molar-refractivity contribution in [2.45, 2.75) is 4.90 Å². The van der Waals surface area contributed by atoms with E-state index in [1.807, 2.05) is 6.07 Å². The molecule has 0 bridgehead atoms. The molecule has 0 aliphatic carbocycles. The van der Waals surface area contributed by atoms with Gasteiger partial charge in [0.15, 0.2) is 0 Å². The summed E-state index contributed by atoms with van der Waals surface area (Å²) in [7, 11) is -4.29. The molecule has 1 N–H and O–H groups in total. The summed E-state index contributed by atoms with van der Waals surface area (Å²) >= 11 is 5.73. The Morgan fingerprint density at radius 1 is 1.00 bits per heavy atom. The topological polar surface area (TPSA) is 54.4 Å². The Balaban J connectivity index is 0.00000162. The van der Waals surface area contributed by atoms with Crippen molar-refractivity contribution in [3.63, 3.8) is 0 Å². The smallest absolute Gasteiger partial charge is 0.282 e. The van der Waals surface area contributed by atoms with Crippen LogP contribution in [0.25, 0.3) is 11.1 Å². The second-order valence-corrected chi connectivity index (χ2v) is 5.31. The SMILES string of the molecule is Cl.O=S(=O)(O)c1cc(Cl)ccc1-c1ccccc1. The minimum absolute atomic E-state index is 0. The zero-order valence-corrected chi connectivity index (χ0v) is 11.5. The lowest BCUT2D eigenvalue weighted by Crippen LogP contribution is -2.00. The maximum Gasteiger partial charge on any atom is 0.295 e. The van der Waals surface area contributed by atoms with E-state index in [0.29, 0.717) is 11.1 Å². The molecule has 18 heavy (non-hydrogen) atoms. The van der Waals surface area contributed by atoms with Gasteiger partial charge >= 0.3 is 0 Å². The number of benzene rings is 2. The van der Waals surface area contributed by atoms with Crippen LogP contribution in [0.15, 0.2) is 53.4 Å². The standard InChI is InChI=1S/C12H9ClO3S.ClH/c13-10-6-7-11(9-4-2-1-3-5-9)12(8-10)17(14,15)16;/h1-8H,(H,14,15,16);1H. The molecule has 0 unspecified atom stereocenters. The normalized spacial score (nSPS) is 10.8. The van der Waals surface area contributed by atoms with E-state index >= 15 is 0 Å². The van der Waals surface area contributed by atoms with Crippen LogP contribution in [0, 0.1) is 0 Å². The minimum Gasteiger partial charge on any atom is -0.282 e. The zero-order valence-electron chi connectivity index (χ0n) is 9.08. The lowest BCUT2D eigenvalue weighted by atomic mass is 10.1. The predicted molar refractivity (Wildman–Crippen MR) is 74.0 cm³/mol. The molecule has 0 fully saturated rings. The molecule has 0 saturated carbocycles. The van der Waals surface area contributed by atoms with Gasteiger partial charge in [-0.1, -0.05) is 48.0 Å². The molecule has 0 aliphatic heterocycles. The van der Waals surface area contributed by atoms with Crippen molar-refractivity contribution in [1.82, 2.24) is 0 Å². The highest BCUT2D eigenvalue weighted by Crippen LogP contribution is 2.29. The van der Waals surface area contributed by atoms with Crippen LogP contribution in [0.2, 0.25) is 5.02 Å². The van der Waals surface area contributed by atoms with Crippen LogP contribution in [0.3, 0.4) is 0 Å². The van der Waals surface area contributed by atoms with E-state index in [9.17, 15) is 8.42 Å². The first-order valence-corrected chi connectivity index (χ1v) is 6.63.